The van der Waals surface area contributed by atoms with Crippen molar-refractivity contribution in [2.24, 2.45) is 0 Å². The van der Waals surface area contributed by atoms with Crippen molar-refractivity contribution in [2.45, 2.75) is 76.4 Å². The highest BCUT2D eigenvalue weighted by Gasteiger charge is 2.29. The van der Waals surface area contributed by atoms with E-state index in [2.05, 4.69) is 15.3 Å². The van der Waals surface area contributed by atoms with E-state index in [0.717, 1.165) is 0 Å². The molecule has 30 nitrogen and oxygen atoms in total. The van der Waals surface area contributed by atoms with Crippen molar-refractivity contribution >= 4 is 71.5 Å². The third-order valence-corrected chi connectivity index (χ3v) is 8.78. The number of carboxylic acid groups (broad SMARTS) is 8. The van der Waals surface area contributed by atoms with Crippen LogP contribution in [0.4, 0.5) is 4.79 Å². The Kier molecular flexibility index (Phi) is 20.9. The van der Waals surface area contributed by atoms with Gasteiger partial charge in [-0.3, -0.25) is 43.3 Å². The number of imidazole rings is 2. The lowest BCUT2D eigenvalue weighted by molar-refractivity contribution is -0.150. The van der Waals surface area contributed by atoms with Crippen LogP contribution in [0.25, 0.3) is 0 Å². The van der Waals surface area contributed by atoms with Crippen LogP contribution in [0.1, 0.15) is 43.8 Å². The number of hydrogen-bond donors (Lipinski definition) is 11. The molecule has 2 aromatic heterocycles. The first-order chi connectivity index (χ1) is 30.4. The Labute approximate surface area is 365 Å². The predicted octanol–water partition coefficient (Wildman–Crippen LogP) is -4.11. The summed E-state index contributed by atoms with van der Waals surface area (Å²) in [5.74, 6) is -15.0. The van der Waals surface area contributed by atoms with Crippen molar-refractivity contribution in [1.29, 1.82) is 0 Å². The van der Waals surface area contributed by atoms with Gasteiger partial charge >= 0.3 is 53.8 Å². The van der Waals surface area contributed by atoms with Gasteiger partial charge in [-0.2, -0.15) is 0 Å². The molecule has 2 heterocycles. The number of aromatic nitrogens is 4. The number of hydrogen-bond acceptors (Lipinski definition) is 15. The maximum Gasteiger partial charge on any atom is 0.327 e. The maximum atomic E-state index is 13.0. The Morgan fingerprint density at radius 3 is 1.29 bits per heavy atom. The molecule has 0 spiro atoms. The third kappa shape index (κ3) is 19.6. The van der Waals surface area contributed by atoms with Crippen molar-refractivity contribution in [3.63, 3.8) is 0 Å². The standard InChI is InChI=1S/C35H46N10O20/c46-24(3-1-2-19(32(59)60)39-35(65)40-20(33(61)62)4-5-27(49)50)38-21(34(63)64)10-41(11-22-36-6-8-42(22)13-25(47)44(15-28(51)52)16-29(53)54)12-23-37-7-9-43(23)14-26(48)45(17-30(55)56)18-31(57)58/h6-9,19-21H,1-5,10-18H2,(H,38,46)(H,49,50)(H,51,52)(H,53,54)(H,55,56)(H,57,58)(H,59,60)(H,61,62)(H,63,64)(H2,39,40,65)/t19-,20-,21?/m0/s1. The molecule has 3 atom stereocenters. The monoisotopic (exact) mass is 926 g/mol. The Balaban J connectivity index is 2.34. The van der Waals surface area contributed by atoms with Crippen LogP contribution in [-0.4, -0.2) is 197 Å². The lowest BCUT2D eigenvalue weighted by Crippen LogP contribution is -2.51. The summed E-state index contributed by atoms with van der Waals surface area (Å²) in [7, 11) is 0. The Morgan fingerprint density at radius 1 is 0.523 bits per heavy atom. The highest BCUT2D eigenvalue weighted by molar-refractivity contribution is 5.88. The van der Waals surface area contributed by atoms with E-state index in [4.69, 9.17) is 5.11 Å². The van der Waals surface area contributed by atoms with E-state index in [1.807, 2.05) is 10.6 Å². The summed E-state index contributed by atoms with van der Waals surface area (Å²) in [6.45, 7) is -6.51. The number of rotatable bonds is 31. The largest absolute Gasteiger partial charge is 0.481 e. The first-order valence-corrected chi connectivity index (χ1v) is 18.9. The molecule has 0 saturated carbocycles. The fraction of sp³-hybridized carbons (Fsp3) is 0.486. The molecule has 5 amide bonds. The molecule has 11 N–H and O–H groups in total. The fourth-order valence-electron chi connectivity index (χ4n) is 5.78. The van der Waals surface area contributed by atoms with Gasteiger partial charge in [0, 0.05) is 44.2 Å². The van der Waals surface area contributed by atoms with Crippen LogP contribution in [0, 0.1) is 0 Å². The van der Waals surface area contributed by atoms with Gasteiger partial charge in [0.1, 0.15) is 69.0 Å². The van der Waals surface area contributed by atoms with Gasteiger partial charge in [-0.25, -0.2) is 29.1 Å². The van der Waals surface area contributed by atoms with E-state index < -0.39 is 161 Å². The highest BCUT2D eigenvalue weighted by Crippen LogP contribution is 2.13. The average molecular weight is 927 g/mol. The molecule has 2 aromatic rings. The van der Waals surface area contributed by atoms with Gasteiger partial charge in [-0.15, -0.1) is 0 Å². The molecule has 0 aromatic carbocycles. The second-order valence-corrected chi connectivity index (χ2v) is 13.9. The zero-order valence-corrected chi connectivity index (χ0v) is 34.0. The normalized spacial score (nSPS) is 12.2. The lowest BCUT2D eigenvalue weighted by atomic mass is 10.1. The van der Waals surface area contributed by atoms with E-state index >= 15 is 0 Å². The molecule has 0 fully saturated rings. The number of carbonyl (C=O) groups is 12. The van der Waals surface area contributed by atoms with Gasteiger partial charge in [0.15, 0.2) is 0 Å². The molecular weight excluding hydrogens is 880 g/mol. The first kappa shape index (κ1) is 53.0. The summed E-state index contributed by atoms with van der Waals surface area (Å²) >= 11 is 0. The summed E-state index contributed by atoms with van der Waals surface area (Å²) < 4.78 is 2.38. The van der Waals surface area contributed by atoms with Gasteiger partial charge in [0.2, 0.25) is 17.7 Å². The van der Waals surface area contributed by atoms with E-state index in [0.29, 0.717) is 9.80 Å². The van der Waals surface area contributed by atoms with Crippen LogP contribution >= 0.6 is 0 Å². The minimum atomic E-state index is -1.77. The van der Waals surface area contributed by atoms with E-state index in [1.54, 1.807) is 0 Å². The van der Waals surface area contributed by atoms with Crippen molar-refractivity contribution < 1.29 is 98.4 Å². The fourth-order valence-corrected chi connectivity index (χ4v) is 5.78. The number of nitrogens with one attached hydrogen (secondary N) is 3. The van der Waals surface area contributed by atoms with Gasteiger partial charge in [-0.05, 0) is 19.3 Å². The zero-order valence-electron chi connectivity index (χ0n) is 34.0. The average Bonchev–Trinajstić information content (AvgIpc) is 3.82. The molecule has 0 aliphatic rings. The quantitative estimate of drug-likeness (QED) is 0.0342. The predicted molar refractivity (Wildman–Crippen MR) is 207 cm³/mol. The Hall–Kier alpha value is -8.18. The van der Waals surface area contributed by atoms with E-state index in [1.165, 1.54) is 38.8 Å². The number of aliphatic carboxylic acids is 8. The molecule has 2 rings (SSSR count). The molecular formula is C35H46N10O20. The molecule has 0 aliphatic heterocycles. The van der Waals surface area contributed by atoms with Crippen LogP contribution in [0.15, 0.2) is 24.8 Å². The molecule has 65 heavy (non-hydrogen) atoms. The number of carbonyl (C=O) groups excluding carboxylic acids is 4. The Bertz CT molecular complexity index is 1980. The summed E-state index contributed by atoms with van der Waals surface area (Å²) in [4.78, 5) is 154. The molecule has 1 unspecified atom stereocenters. The van der Waals surface area contributed by atoms with Crippen molar-refractivity contribution in [2.75, 3.05) is 32.7 Å². The van der Waals surface area contributed by atoms with Crippen LogP contribution in [0.2, 0.25) is 0 Å². The molecule has 0 saturated heterocycles. The first-order valence-electron chi connectivity index (χ1n) is 18.9. The number of carboxylic acids is 8. The minimum Gasteiger partial charge on any atom is -0.481 e. The van der Waals surface area contributed by atoms with Gasteiger partial charge in [0.25, 0.3) is 0 Å². The van der Waals surface area contributed by atoms with Gasteiger partial charge in [-0.1, -0.05) is 0 Å². The molecule has 30 heteroatoms. The van der Waals surface area contributed by atoms with Gasteiger partial charge < -0.3 is 75.7 Å². The van der Waals surface area contributed by atoms with Crippen LogP contribution < -0.4 is 16.0 Å². The number of nitrogens with zero attached hydrogens (tertiary/aromatic N) is 7. The van der Waals surface area contributed by atoms with E-state index in [9.17, 15) is 93.3 Å². The second-order valence-electron chi connectivity index (χ2n) is 13.9. The highest BCUT2D eigenvalue weighted by atomic mass is 16.4. The molecule has 0 radical (unpaired) electrons. The van der Waals surface area contributed by atoms with Crippen molar-refractivity contribution in [3.05, 3.63) is 36.4 Å². The van der Waals surface area contributed by atoms with E-state index in [-0.39, 0.29) is 31.2 Å². The van der Waals surface area contributed by atoms with Crippen molar-refractivity contribution in [3.8, 4) is 0 Å². The second kappa shape index (κ2) is 25.7. The number of urea groups is 1. The lowest BCUT2D eigenvalue weighted by Gasteiger charge is -2.27. The smallest absolute Gasteiger partial charge is 0.327 e. The van der Waals surface area contributed by atoms with Crippen LogP contribution in [0.5, 0.6) is 0 Å². The van der Waals surface area contributed by atoms with Crippen LogP contribution in [-0.2, 0) is 78.9 Å². The van der Waals surface area contributed by atoms with Gasteiger partial charge in [0.05, 0.1) is 13.1 Å². The van der Waals surface area contributed by atoms with Crippen LogP contribution in [0.3, 0.4) is 0 Å². The summed E-state index contributed by atoms with van der Waals surface area (Å²) in [5, 5.41) is 80.8. The summed E-state index contributed by atoms with van der Waals surface area (Å²) in [6.07, 6.45) is 2.59. The Morgan fingerprint density at radius 2 is 0.923 bits per heavy atom. The topological polar surface area (TPSA) is 448 Å². The SMILES string of the molecule is O=C(O)CC[C@H](NC(=O)N[C@@H](CCCC(=O)NC(CN(Cc1nccn1CC(=O)N(CC(=O)O)CC(=O)O)Cc1nccn1CC(=O)N(CC(=O)O)CC(=O)O)C(=O)O)C(=O)O)C(=O)O. The van der Waals surface area contributed by atoms with Crippen molar-refractivity contribution in [1.82, 2.24) is 49.8 Å². The number of amides is 5. The zero-order chi connectivity index (χ0) is 49.0. The molecule has 356 valence electrons. The summed E-state index contributed by atoms with van der Waals surface area (Å²) in [6, 6.07) is -6.40. The summed E-state index contributed by atoms with van der Waals surface area (Å²) in [5.41, 5.74) is 0. The minimum absolute atomic E-state index is 0.00972. The maximum absolute atomic E-state index is 13.0. The third-order valence-electron chi connectivity index (χ3n) is 8.78. The molecule has 0 bridgehead atoms. The molecule has 0 aliphatic carbocycles.